The van der Waals surface area contributed by atoms with Crippen LogP contribution in [-0.4, -0.2) is 16.7 Å². The Balaban J connectivity index is 1.80. The Morgan fingerprint density at radius 3 is 2.62 bits per heavy atom. The Morgan fingerprint density at radius 1 is 1.03 bits per heavy atom. The van der Waals surface area contributed by atoms with Crippen molar-refractivity contribution < 1.29 is 9.15 Å². The molecular formula is C24H17N3O2. The molecule has 5 rings (SSSR count). The molecule has 0 N–H and O–H groups in total. The summed E-state index contributed by atoms with van der Waals surface area (Å²) in [6.07, 6.45) is 2.03. The maximum absolute atomic E-state index is 9.85. The lowest BCUT2D eigenvalue weighted by molar-refractivity contribution is 0.397. The third-order valence-electron chi connectivity index (χ3n) is 5.16. The predicted octanol–water partition coefficient (Wildman–Crippen LogP) is 5.53. The molecule has 0 aliphatic carbocycles. The van der Waals surface area contributed by atoms with E-state index < -0.39 is 0 Å². The van der Waals surface area contributed by atoms with Crippen molar-refractivity contribution in [3.05, 3.63) is 72.4 Å². The summed E-state index contributed by atoms with van der Waals surface area (Å²) in [4.78, 5) is 4.56. The van der Waals surface area contributed by atoms with Crippen molar-refractivity contribution in [2.75, 3.05) is 7.11 Å². The Labute approximate surface area is 167 Å². The van der Waals surface area contributed by atoms with Crippen LogP contribution in [0.4, 0.5) is 0 Å². The van der Waals surface area contributed by atoms with E-state index in [1.165, 1.54) is 7.11 Å². The minimum Gasteiger partial charge on any atom is -0.480 e. The van der Waals surface area contributed by atoms with Crippen LogP contribution in [0.25, 0.3) is 44.5 Å². The fourth-order valence-corrected chi connectivity index (χ4v) is 3.78. The van der Waals surface area contributed by atoms with E-state index in [1.807, 2.05) is 61.8 Å². The molecule has 0 saturated carbocycles. The van der Waals surface area contributed by atoms with E-state index >= 15 is 0 Å². The molecule has 2 aromatic carbocycles. The standard InChI is InChI=1S/C24H17N3O2/c1-27-14-19(16-8-4-5-9-21(16)27)17-12-20(26-24(28-2)18(17)13-25)23-11-15-7-3-6-10-22(15)29-23/h3-12,14H,1-2H3. The van der Waals surface area contributed by atoms with Crippen molar-refractivity contribution in [1.29, 1.82) is 5.26 Å². The van der Waals surface area contributed by atoms with Crippen LogP contribution in [0.2, 0.25) is 0 Å². The van der Waals surface area contributed by atoms with Gasteiger partial charge in [-0.15, -0.1) is 0 Å². The number of ether oxygens (including phenoxy) is 1. The first kappa shape index (κ1) is 17.1. The summed E-state index contributed by atoms with van der Waals surface area (Å²) in [7, 11) is 3.52. The second kappa shape index (κ2) is 6.54. The minimum absolute atomic E-state index is 0.286. The van der Waals surface area contributed by atoms with Gasteiger partial charge in [-0.3, -0.25) is 0 Å². The van der Waals surface area contributed by atoms with Gasteiger partial charge in [0, 0.05) is 40.7 Å². The molecule has 0 spiro atoms. The molecule has 0 atom stereocenters. The molecule has 140 valence electrons. The molecule has 0 amide bonds. The maximum Gasteiger partial charge on any atom is 0.232 e. The van der Waals surface area contributed by atoms with Gasteiger partial charge in [0.05, 0.1) is 7.11 Å². The van der Waals surface area contributed by atoms with Gasteiger partial charge < -0.3 is 13.7 Å². The van der Waals surface area contributed by atoms with Crippen LogP contribution in [0, 0.1) is 11.3 Å². The molecule has 5 aromatic rings. The number of pyridine rings is 1. The summed E-state index contributed by atoms with van der Waals surface area (Å²) in [6.45, 7) is 0. The van der Waals surface area contributed by atoms with Crippen molar-refractivity contribution in [2.24, 2.45) is 7.05 Å². The summed E-state index contributed by atoms with van der Waals surface area (Å²) in [5.41, 5.74) is 4.64. The van der Waals surface area contributed by atoms with E-state index in [0.717, 1.165) is 33.0 Å². The summed E-state index contributed by atoms with van der Waals surface area (Å²) >= 11 is 0. The van der Waals surface area contributed by atoms with E-state index in [1.54, 1.807) is 0 Å². The number of para-hydroxylation sites is 2. The number of fused-ring (bicyclic) bond motifs is 2. The van der Waals surface area contributed by atoms with Crippen molar-refractivity contribution in [3.63, 3.8) is 0 Å². The van der Waals surface area contributed by atoms with E-state index in [4.69, 9.17) is 9.15 Å². The molecule has 0 fully saturated rings. The third kappa shape index (κ3) is 2.66. The molecule has 0 radical (unpaired) electrons. The fourth-order valence-electron chi connectivity index (χ4n) is 3.78. The highest BCUT2D eigenvalue weighted by Crippen LogP contribution is 2.38. The highest BCUT2D eigenvalue weighted by Gasteiger charge is 2.20. The molecule has 3 aromatic heterocycles. The number of hydrogen-bond acceptors (Lipinski definition) is 4. The molecule has 5 nitrogen and oxygen atoms in total. The van der Waals surface area contributed by atoms with Gasteiger partial charge in [0.2, 0.25) is 5.88 Å². The summed E-state index contributed by atoms with van der Waals surface area (Å²) < 4.78 is 13.5. The van der Waals surface area contributed by atoms with Gasteiger partial charge in [0.1, 0.15) is 22.9 Å². The van der Waals surface area contributed by atoms with Crippen molar-refractivity contribution >= 4 is 21.9 Å². The van der Waals surface area contributed by atoms with Gasteiger partial charge in [-0.1, -0.05) is 36.4 Å². The summed E-state index contributed by atoms with van der Waals surface area (Å²) in [6, 6.07) is 22.1. The smallest absolute Gasteiger partial charge is 0.232 e. The molecule has 0 bridgehead atoms. The molecule has 0 aliphatic rings. The Bertz CT molecular complexity index is 1390. The van der Waals surface area contributed by atoms with E-state index in [0.29, 0.717) is 17.0 Å². The number of benzene rings is 2. The first-order valence-electron chi connectivity index (χ1n) is 9.22. The van der Waals surface area contributed by atoms with Gasteiger partial charge in [-0.2, -0.15) is 5.26 Å². The zero-order chi connectivity index (χ0) is 20.0. The van der Waals surface area contributed by atoms with Crippen molar-refractivity contribution in [1.82, 2.24) is 9.55 Å². The third-order valence-corrected chi connectivity index (χ3v) is 5.16. The van der Waals surface area contributed by atoms with Crippen LogP contribution in [0.1, 0.15) is 5.56 Å². The van der Waals surface area contributed by atoms with Crippen LogP contribution in [0.5, 0.6) is 5.88 Å². The van der Waals surface area contributed by atoms with E-state index in [2.05, 4.69) is 27.8 Å². The van der Waals surface area contributed by atoms with Gasteiger partial charge in [0.25, 0.3) is 0 Å². The van der Waals surface area contributed by atoms with Crippen LogP contribution in [0.15, 0.2) is 71.3 Å². The number of hydrogen-bond donors (Lipinski definition) is 0. The quantitative estimate of drug-likeness (QED) is 0.413. The van der Waals surface area contributed by atoms with Crippen LogP contribution in [-0.2, 0) is 7.05 Å². The average molecular weight is 379 g/mol. The topological polar surface area (TPSA) is 64.0 Å². The zero-order valence-corrected chi connectivity index (χ0v) is 16.0. The van der Waals surface area contributed by atoms with Crippen LogP contribution < -0.4 is 4.74 Å². The number of aryl methyl sites for hydroxylation is 1. The Hall–Kier alpha value is -4.04. The predicted molar refractivity (Wildman–Crippen MR) is 113 cm³/mol. The Morgan fingerprint density at radius 2 is 1.83 bits per heavy atom. The normalized spacial score (nSPS) is 11.1. The van der Waals surface area contributed by atoms with Crippen molar-refractivity contribution in [2.45, 2.75) is 0 Å². The minimum atomic E-state index is 0.286. The molecule has 0 aliphatic heterocycles. The molecule has 29 heavy (non-hydrogen) atoms. The van der Waals surface area contributed by atoms with Crippen molar-refractivity contribution in [3.8, 4) is 34.5 Å². The zero-order valence-electron chi connectivity index (χ0n) is 16.0. The number of methoxy groups -OCH3 is 1. The number of furan rings is 1. The Kier molecular flexibility index (Phi) is 3.85. The van der Waals surface area contributed by atoms with E-state index in [9.17, 15) is 5.26 Å². The highest BCUT2D eigenvalue weighted by atomic mass is 16.5. The highest BCUT2D eigenvalue weighted by molar-refractivity contribution is 5.98. The van der Waals surface area contributed by atoms with Gasteiger partial charge in [-0.05, 0) is 24.3 Å². The summed E-state index contributed by atoms with van der Waals surface area (Å²) in [5.74, 6) is 0.920. The lowest BCUT2D eigenvalue weighted by Crippen LogP contribution is -1.97. The van der Waals surface area contributed by atoms with Crippen LogP contribution >= 0.6 is 0 Å². The number of aromatic nitrogens is 2. The number of rotatable bonds is 3. The second-order valence-electron chi connectivity index (χ2n) is 6.87. The van der Waals surface area contributed by atoms with Gasteiger partial charge in [0.15, 0.2) is 5.76 Å². The van der Waals surface area contributed by atoms with Gasteiger partial charge in [-0.25, -0.2) is 4.98 Å². The lowest BCUT2D eigenvalue weighted by atomic mass is 9.99. The first-order chi connectivity index (χ1) is 14.2. The molecule has 3 heterocycles. The van der Waals surface area contributed by atoms with Crippen LogP contribution in [0.3, 0.4) is 0 Å². The monoisotopic (exact) mass is 379 g/mol. The van der Waals surface area contributed by atoms with E-state index in [-0.39, 0.29) is 5.88 Å². The van der Waals surface area contributed by atoms with Gasteiger partial charge >= 0.3 is 0 Å². The lowest BCUT2D eigenvalue weighted by Gasteiger charge is -2.10. The SMILES string of the molecule is COc1nc(-c2cc3ccccc3o2)cc(-c2cn(C)c3ccccc23)c1C#N. The maximum atomic E-state index is 9.85. The average Bonchev–Trinajstić information content (AvgIpc) is 3.34. The first-order valence-corrected chi connectivity index (χ1v) is 9.22. The molecular weight excluding hydrogens is 362 g/mol. The fraction of sp³-hybridized carbons (Fsp3) is 0.0833. The second-order valence-corrected chi connectivity index (χ2v) is 6.87. The molecule has 5 heteroatoms. The number of nitrogens with zero attached hydrogens (tertiary/aromatic N) is 3. The largest absolute Gasteiger partial charge is 0.480 e. The number of nitriles is 1. The summed E-state index contributed by atoms with van der Waals surface area (Å²) in [5, 5.41) is 11.9. The molecule has 0 unspecified atom stereocenters. The molecule has 0 saturated heterocycles.